The fourth-order valence-electron chi connectivity index (χ4n) is 3.29. The fourth-order valence-corrected chi connectivity index (χ4v) is 3.29. The quantitative estimate of drug-likeness (QED) is 0.211. The lowest BCUT2D eigenvalue weighted by Gasteiger charge is -2.22. The molecule has 0 aliphatic heterocycles. The molecule has 0 fully saturated rings. The summed E-state index contributed by atoms with van der Waals surface area (Å²) in [5, 5.41) is 10.3. The number of nitrogens with two attached hydrogens (primary N) is 2. The Morgan fingerprint density at radius 2 is 1.52 bits per heavy atom. The second-order valence-corrected chi connectivity index (χ2v) is 8.01. The second kappa shape index (κ2) is 10.7. The van der Waals surface area contributed by atoms with Crippen molar-refractivity contribution in [3.8, 4) is 11.1 Å². The molecule has 2 atom stereocenters. The number of rotatable bonds is 8. The summed E-state index contributed by atoms with van der Waals surface area (Å²) in [6.07, 6.45) is 1.50. The van der Waals surface area contributed by atoms with E-state index < -0.39 is 17.9 Å². The molecular formula is C26H28N4O3. The van der Waals surface area contributed by atoms with Gasteiger partial charge in [0.2, 0.25) is 0 Å². The molecule has 170 valence electrons. The monoisotopic (exact) mass is 444 g/mol. The van der Waals surface area contributed by atoms with Crippen molar-refractivity contribution in [2.75, 3.05) is 0 Å². The number of carboxylic acids is 1. The Balaban J connectivity index is 1.61. The van der Waals surface area contributed by atoms with Crippen LogP contribution in [0.1, 0.15) is 40.0 Å². The summed E-state index contributed by atoms with van der Waals surface area (Å²) < 4.78 is 0. The van der Waals surface area contributed by atoms with Gasteiger partial charge in [-0.05, 0) is 54.7 Å². The normalized spacial score (nSPS) is 13.0. The van der Waals surface area contributed by atoms with Crippen LogP contribution in [0.2, 0.25) is 0 Å². The Morgan fingerprint density at radius 1 is 0.970 bits per heavy atom. The van der Waals surface area contributed by atoms with Gasteiger partial charge in [-0.15, -0.1) is 0 Å². The molecule has 7 nitrogen and oxygen atoms in total. The Kier molecular flexibility index (Phi) is 7.71. The van der Waals surface area contributed by atoms with Crippen molar-refractivity contribution >= 4 is 18.2 Å². The molecule has 0 aliphatic rings. The van der Waals surface area contributed by atoms with Crippen molar-refractivity contribution < 1.29 is 14.7 Å². The maximum atomic E-state index is 12.4. The van der Waals surface area contributed by atoms with Gasteiger partial charge in [-0.3, -0.25) is 14.6 Å². The van der Waals surface area contributed by atoms with Gasteiger partial charge in [0.15, 0.2) is 0 Å². The SMILES string of the molecule is Cc1ccc(-c2ccc(C(C)N(N)C=NC(=O)c3ccc(C[C@H](N)C(=O)O)cc3)cc2)cc1. The lowest BCUT2D eigenvalue weighted by Crippen LogP contribution is -2.32. The van der Waals surface area contributed by atoms with Gasteiger partial charge in [0.1, 0.15) is 12.4 Å². The minimum Gasteiger partial charge on any atom is -0.480 e. The van der Waals surface area contributed by atoms with Crippen molar-refractivity contribution in [1.29, 1.82) is 0 Å². The average Bonchev–Trinajstić information content (AvgIpc) is 2.82. The lowest BCUT2D eigenvalue weighted by atomic mass is 10.0. The maximum absolute atomic E-state index is 12.4. The zero-order chi connectivity index (χ0) is 24.0. The number of carbonyl (C=O) groups is 2. The molecule has 3 aromatic rings. The summed E-state index contributed by atoms with van der Waals surface area (Å²) in [7, 11) is 0. The van der Waals surface area contributed by atoms with Gasteiger partial charge in [-0.25, -0.2) is 5.84 Å². The van der Waals surface area contributed by atoms with Crippen LogP contribution in [0.5, 0.6) is 0 Å². The zero-order valence-corrected chi connectivity index (χ0v) is 18.7. The number of benzene rings is 3. The van der Waals surface area contributed by atoms with Crippen molar-refractivity contribution in [3.05, 3.63) is 95.1 Å². The zero-order valence-electron chi connectivity index (χ0n) is 18.7. The largest absolute Gasteiger partial charge is 0.480 e. The summed E-state index contributed by atoms with van der Waals surface area (Å²) >= 11 is 0. The number of aliphatic imine (C=N–C) groups is 1. The Morgan fingerprint density at radius 3 is 2.06 bits per heavy atom. The number of amides is 1. The molecule has 0 heterocycles. The van der Waals surface area contributed by atoms with Gasteiger partial charge < -0.3 is 10.8 Å². The van der Waals surface area contributed by atoms with Crippen LogP contribution in [0.15, 0.2) is 77.8 Å². The van der Waals surface area contributed by atoms with Crippen molar-refractivity contribution in [2.45, 2.75) is 32.4 Å². The highest BCUT2D eigenvalue weighted by atomic mass is 16.4. The molecular weight excluding hydrogens is 416 g/mol. The summed E-state index contributed by atoms with van der Waals surface area (Å²) in [5.74, 6) is 4.60. The standard InChI is InChI=1S/C26H28N4O3/c1-17-3-7-21(8-4-17)22-13-11-20(12-14-22)18(2)30(28)16-29-25(31)23-9-5-19(6-10-23)15-24(27)26(32)33/h3-14,16,18,24H,15,27-28H2,1-2H3,(H,32,33)/t18?,24-/m0/s1. The molecule has 0 radical (unpaired) electrons. The highest BCUT2D eigenvalue weighted by Crippen LogP contribution is 2.23. The van der Waals surface area contributed by atoms with Crippen LogP contribution >= 0.6 is 0 Å². The molecule has 0 aromatic heterocycles. The molecule has 33 heavy (non-hydrogen) atoms. The molecule has 0 saturated heterocycles. The summed E-state index contributed by atoms with van der Waals surface area (Å²) in [4.78, 5) is 27.2. The van der Waals surface area contributed by atoms with Crippen LogP contribution < -0.4 is 11.6 Å². The van der Waals surface area contributed by atoms with Crippen LogP contribution in [-0.4, -0.2) is 34.4 Å². The van der Waals surface area contributed by atoms with Crippen LogP contribution in [0, 0.1) is 6.92 Å². The van der Waals surface area contributed by atoms with E-state index in [1.165, 1.54) is 16.9 Å². The van der Waals surface area contributed by atoms with Gasteiger partial charge in [-0.2, -0.15) is 4.99 Å². The predicted molar refractivity (Wildman–Crippen MR) is 130 cm³/mol. The number of aliphatic carboxylic acids is 1. The van der Waals surface area contributed by atoms with E-state index >= 15 is 0 Å². The third kappa shape index (κ3) is 6.35. The van der Waals surface area contributed by atoms with Gasteiger partial charge in [0.25, 0.3) is 5.91 Å². The van der Waals surface area contributed by atoms with E-state index in [0.717, 1.165) is 22.3 Å². The number of hydrogen-bond donors (Lipinski definition) is 3. The summed E-state index contributed by atoms with van der Waals surface area (Å²) in [6, 6.07) is 21.8. The van der Waals surface area contributed by atoms with E-state index in [-0.39, 0.29) is 12.5 Å². The molecule has 0 spiro atoms. The number of carbonyl (C=O) groups excluding carboxylic acids is 1. The number of hydrazine groups is 1. The molecule has 0 aliphatic carbocycles. The molecule has 0 bridgehead atoms. The second-order valence-electron chi connectivity index (χ2n) is 8.01. The molecule has 1 unspecified atom stereocenters. The third-order valence-corrected chi connectivity index (χ3v) is 5.51. The first-order valence-electron chi connectivity index (χ1n) is 10.6. The Labute approximate surface area is 193 Å². The van der Waals surface area contributed by atoms with Gasteiger partial charge in [0.05, 0.1) is 6.04 Å². The van der Waals surface area contributed by atoms with E-state index in [2.05, 4.69) is 36.2 Å². The topological polar surface area (TPSA) is 122 Å². The van der Waals surface area contributed by atoms with Gasteiger partial charge in [0, 0.05) is 5.56 Å². The van der Waals surface area contributed by atoms with E-state index in [1.54, 1.807) is 24.3 Å². The van der Waals surface area contributed by atoms with Crippen LogP contribution in [0.3, 0.4) is 0 Å². The fraction of sp³-hybridized carbons (Fsp3) is 0.192. The molecule has 3 aromatic carbocycles. The molecule has 0 saturated carbocycles. The Bertz CT molecular complexity index is 1120. The number of hydrogen-bond acceptors (Lipinski definition) is 4. The third-order valence-electron chi connectivity index (χ3n) is 5.51. The maximum Gasteiger partial charge on any atom is 0.320 e. The minimum absolute atomic E-state index is 0.184. The van der Waals surface area contributed by atoms with Crippen LogP contribution in [0.4, 0.5) is 0 Å². The van der Waals surface area contributed by atoms with E-state index in [4.69, 9.17) is 16.7 Å². The number of carboxylic acid groups (broad SMARTS) is 1. The van der Waals surface area contributed by atoms with Crippen LogP contribution in [0.25, 0.3) is 11.1 Å². The minimum atomic E-state index is -1.07. The Hall–Kier alpha value is -3.81. The summed E-state index contributed by atoms with van der Waals surface area (Å²) in [5.41, 5.74) is 11.1. The molecule has 3 rings (SSSR count). The van der Waals surface area contributed by atoms with Gasteiger partial charge >= 0.3 is 5.97 Å². The number of nitrogens with zero attached hydrogens (tertiary/aromatic N) is 2. The lowest BCUT2D eigenvalue weighted by molar-refractivity contribution is -0.138. The van der Waals surface area contributed by atoms with E-state index in [1.807, 2.05) is 31.2 Å². The van der Waals surface area contributed by atoms with Crippen molar-refractivity contribution in [3.63, 3.8) is 0 Å². The molecule has 7 heteroatoms. The van der Waals surface area contributed by atoms with Crippen LogP contribution in [-0.2, 0) is 11.2 Å². The van der Waals surface area contributed by atoms with E-state index in [0.29, 0.717) is 5.56 Å². The highest BCUT2D eigenvalue weighted by molar-refractivity contribution is 5.98. The van der Waals surface area contributed by atoms with Crippen molar-refractivity contribution in [1.82, 2.24) is 5.01 Å². The smallest absolute Gasteiger partial charge is 0.320 e. The first-order chi connectivity index (χ1) is 15.7. The molecule has 5 N–H and O–H groups in total. The first-order valence-corrected chi connectivity index (χ1v) is 10.6. The van der Waals surface area contributed by atoms with Crippen molar-refractivity contribution in [2.24, 2.45) is 16.6 Å². The predicted octanol–water partition coefficient (Wildman–Crippen LogP) is 3.72. The first kappa shape index (κ1) is 23.8. The average molecular weight is 445 g/mol. The summed E-state index contributed by atoms with van der Waals surface area (Å²) in [6.45, 7) is 3.99. The van der Waals surface area contributed by atoms with Gasteiger partial charge in [-0.1, -0.05) is 66.2 Å². The molecule has 1 amide bonds. The highest BCUT2D eigenvalue weighted by Gasteiger charge is 2.13. The van der Waals surface area contributed by atoms with E-state index in [9.17, 15) is 9.59 Å². The number of aryl methyl sites for hydroxylation is 1.